The molecule has 106 valence electrons. The molecule has 3 nitrogen and oxygen atoms in total. The topological polar surface area (TPSA) is 43.8 Å². The van der Waals surface area contributed by atoms with Crippen molar-refractivity contribution < 1.29 is 0 Å². The van der Waals surface area contributed by atoms with E-state index in [9.17, 15) is 0 Å². The maximum Gasteiger partial charge on any atom is 0.129 e. The molecule has 1 heterocycles. The maximum absolute atomic E-state index is 6.24. The lowest BCUT2D eigenvalue weighted by molar-refractivity contribution is 0.782. The van der Waals surface area contributed by atoms with E-state index >= 15 is 0 Å². The Bertz CT molecular complexity index is 765. The lowest BCUT2D eigenvalue weighted by atomic mass is 9.99. The zero-order valence-electron chi connectivity index (χ0n) is 12.6. The summed E-state index contributed by atoms with van der Waals surface area (Å²) in [5.41, 5.74) is 12.8. The number of aryl methyl sites for hydroxylation is 3. The average Bonchev–Trinajstić information content (AvgIpc) is 2.77. The first kappa shape index (κ1) is 13.4. The van der Waals surface area contributed by atoms with Crippen molar-refractivity contribution in [2.45, 2.75) is 13.8 Å². The van der Waals surface area contributed by atoms with E-state index in [1.165, 1.54) is 11.1 Å². The second-order valence-electron chi connectivity index (χ2n) is 5.46. The molecule has 0 saturated heterocycles. The highest BCUT2D eigenvalue weighted by Crippen LogP contribution is 2.35. The Morgan fingerprint density at radius 2 is 1.29 bits per heavy atom. The Hall–Kier alpha value is -2.55. The molecule has 0 saturated carbocycles. The van der Waals surface area contributed by atoms with Gasteiger partial charge in [-0.2, -0.15) is 5.10 Å². The van der Waals surface area contributed by atoms with Crippen LogP contribution in [0, 0.1) is 13.8 Å². The number of benzene rings is 2. The molecule has 3 rings (SSSR count). The van der Waals surface area contributed by atoms with Crippen molar-refractivity contribution in [3.05, 3.63) is 59.7 Å². The minimum Gasteiger partial charge on any atom is -0.383 e. The van der Waals surface area contributed by atoms with Gasteiger partial charge in [0.2, 0.25) is 0 Å². The first-order chi connectivity index (χ1) is 10.1. The molecule has 0 unspecified atom stereocenters. The van der Waals surface area contributed by atoms with Crippen molar-refractivity contribution in [1.29, 1.82) is 0 Å². The second-order valence-corrected chi connectivity index (χ2v) is 5.46. The van der Waals surface area contributed by atoms with Crippen LogP contribution in [0.2, 0.25) is 0 Å². The summed E-state index contributed by atoms with van der Waals surface area (Å²) < 4.78 is 1.74. The zero-order chi connectivity index (χ0) is 15.0. The van der Waals surface area contributed by atoms with Gasteiger partial charge >= 0.3 is 0 Å². The molecule has 3 aromatic rings. The minimum absolute atomic E-state index is 0.689. The maximum atomic E-state index is 6.24. The Morgan fingerprint density at radius 3 is 1.81 bits per heavy atom. The van der Waals surface area contributed by atoms with Crippen LogP contribution in [0.25, 0.3) is 22.4 Å². The van der Waals surface area contributed by atoms with Crippen molar-refractivity contribution >= 4 is 5.82 Å². The summed E-state index contributed by atoms with van der Waals surface area (Å²) in [5.74, 6) is 0.689. The van der Waals surface area contributed by atoms with E-state index in [-0.39, 0.29) is 0 Å². The number of nitrogen functional groups attached to an aromatic ring is 1. The number of nitrogens with two attached hydrogens (primary N) is 1. The van der Waals surface area contributed by atoms with Gasteiger partial charge < -0.3 is 5.73 Å². The predicted octanol–water partition coefficient (Wildman–Crippen LogP) is 3.95. The van der Waals surface area contributed by atoms with Crippen LogP contribution in [0.5, 0.6) is 0 Å². The van der Waals surface area contributed by atoms with Crippen molar-refractivity contribution in [3.8, 4) is 22.4 Å². The third-order valence-electron chi connectivity index (χ3n) is 3.76. The fourth-order valence-corrected chi connectivity index (χ4v) is 2.46. The number of aromatic nitrogens is 2. The first-order valence-electron chi connectivity index (χ1n) is 7.03. The zero-order valence-corrected chi connectivity index (χ0v) is 12.6. The van der Waals surface area contributed by atoms with E-state index in [0.29, 0.717) is 5.82 Å². The highest BCUT2D eigenvalue weighted by atomic mass is 15.3. The molecule has 0 aliphatic heterocycles. The van der Waals surface area contributed by atoms with E-state index in [1.807, 2.05) is 7.05 Å². The third-order valence-corrected chi connectivity index (χ3v) is 3.76. The third kappa shape index (κ3) is 2.42. The Labute approximate surface area is 125 Å². The fraction of sp³-hybridized carbons (Fsp3) is 0.167. The van der Waals surface area contributed by atoms with Crippen molar-refractivity contribution in [1.82, 2.24) is 9.78 Å². The van der Waals surface area contributed by atoms with Gasteiger partial charge in [0.15, 0.2) is 0 Å². The molecule has 21 heavy (non-hydrogen) atoms. The molecule has 0 radical (unpaired) electrons. The van der Waals surface area contributed by atoms with Gasteiger partial charge in [-0.05, 0) is 19.4 Å². The fourth-order valence-electron chi connectivity index (χ4n) is 2.46. The summed E-state index contributed by atoms with van der Waals surface area (Å²) >= 11 is 0. The first-order valence-corrected chi connectivity index (χ1v) is 7.03. The highest BCUT2D eigenvalue weighted by Gasteiger charge is 2.17. The van der Waals surface area contributed by atoms with Gasteiger partial charge in [0.1, 0.15) is 11.5 Å². The molecule has 0 spiro atoms. The van der Waals surface area contributed by atoms with Gasteiger partial charge in [-0.1, -0.05) is 59.7 Å². The summed E-state index contributed by atoms with van der Waals surface area (Å²) in [6.45, 7) is 4.16. The van der Waals surface area contributed by atoms with Gasteiger partial charge in [-0.3, -0.25) is 4.68 Å². The Balaban J connectivity index is 2.20. The largest absolute Gasteiger partial charge is 0.383 e. The molecule has 2 aromatic carbocycles. The van der Waals surface area contributed by atoms with Crippen LogP contribution < -0.4 is 5.73 Å². The van der Waals surface area contributed by atoms with Crippen molar-refractivity contribution in [2.24, 2.45) is 7.05 Å². The van der Waals surface area contributed by atoms with Gasteiger partial charge in [0, 0.05) is 12.6 Å². The number of rotatable bonds is 2. The average molecular weight is 277 g/mol. The van der Waals surface area contributed by atoms with Crippen LogP contribution in [0.3, 0.4) is 0 Å². The van der Waals surface area contributed by atoms with Gasteiger partial charge in [0.25, 0.3) is 0 Å². The normalized spacial score (nSPS) is 10.8. The molecule has 0 bridgehead atoms. The van der Waals surface area contributed by atoms with Gasteiger partial charge in [0.05, 0.1) is 5.56 Å². The highest BCUT2D eigenvalue weighted by molar-refractivity contribution is 5.88. The Morgan fingerprint density at radius 1 is 0.810 bits per heavy atom. The quantitative estimate of drug-likeness (QED) is 0.770. The van der Waals surface area contributed by atoms with Crippen LogP contribution in [0.4, 0.5) is 5.82 Å². The molecule has 1 aromatic heterocycles. The Kier molecular flexibility index (Phi) is 3.26. The van der Waals surface area contributed by atoms with Crippen LogP contribution in [-0.4, -0.2) is 9.78 Å². The molecule has 0 amide bonds. The molecule has 0 aliphatic rings. The second kappa shape index (κ2) is 5.09. The smallest absolute Gasteiger partial charge is 0.129 e. The summed E-state index contributed by atoms with van der Waals surface area (Å²) in [6.07, 6.45) is 0. The standard InChI is InChI=1S/C18H19N3/c1-12-4-8-14(9-5-12)16-17(20-21(3)18(16)19)15-10-6-13(2)7-11-15/h4-11H,19H2,1-3H3. The number of anilines is 1. The number of hydrogen-bond acceptors (Lipinski definition) is 2. The van der Waals surface area contributed by atoms with Crippen LogP contribution in [0.1, 0.15) is 11.1 Å². The molecule has 3 heteroatoms. The van der Waals surface area contributed by atoms with Crippen molar-refractivity contribution in [2.75, 3.05) is 5.73 Å². The summed E-state index contributed by atoms with van der Waals surface area (Å²) in [6, 6.07) is 16.8. The lowest BCUT2D eigenvalue weighted by Crippen LogP contribution is -1.97. The van der Waals surface area contributed by atoms with E-state index < -0.39 is 0 Å². The van der Waals surface area contributed by atoms with Crippen molar-refractivity contribution in [3.63, 3.8) is 0 Å². The monoisotopic (exact) mass is 277 g/mol. The number of hydrogen-bond donors (Lipinski definition) is 1. The predicted molar refractivity (Wildman–Crippen MR) is 88.0 cm³/mol. The molecular formula is C18H19N3. The molecule has 2 N–H and O–H groups in total. The minimum atomic E-state index is 0.689. The summed E-state index contributed by atoms with van der Waals surface area (Å²) in [4.78, 5) is 0. The van der Waals surface area contributed by atoms with Gasteiger partial charge in [-0.25, -0.2) is 0 Å². The SMILES string of the molecule is Cc1ccc(-c2nn(C)c(N)c2-c2ccc(C)cc2)cc1. The van der Waals surface area contributed by atoms with Crippen LogP contribution in [0.15, 0.2) is 48.5 Å². The van der Waals surface area contributed by atoms with E-state index in [4.69, 9.17) is 5.73 Å². The van der Waals surface area contributed by atoms with E-state index in [2.05, 4.69) is 67.5 Å². The van der Waals surface area contributed by atoms with E-state index in [1.54, 1.807) is 4.68 Å². The number of nitrogens with zero attached hydrogens (tertiary/aromatic N) is 2. The van der Waals surface area contributed by atoms with Gasteiger partial charge in [-0.15, -0.1) is 0 Å². The summed E-state index contributed by atoms with van der Waals surface area (Å²) in [5, 5.41) is 4.60. The van der Waals surface area contributed by atoms with E-state index in [0.717, 1.165) is 22.4 Å². The molecule has 0 fully saturated rings. The summed E-state index contributed by atoms with van der Waals surface area (Å²) in [7, 11) is 1.88. The van der Waals surface area contributed by atoms with Crippen LogP contribution >= 0.6 is 0 Å². The molecule has 0 atom stereocenters. The van der Waals surface area contributed by atoms with Crippen LogP contribution in [-0.2, 0) is 7.05 Å². The lowest BCUT2D eigenvalue weighted by Gasteiger charge is -2.05. The molecular weight excluding hydrogens is 258 g/mol. The molecule has 0 aliphatic carbocycles.